The van der Waals surface area contributed by atoms with Crippen LogP contribution in [0, 0.1) is 23.7 Å². The van der Waals surface area contributed by atoms with Gasteiger partial charge in [0.2, 0.25) is 0 Å². The zero-order valence-electron chi connectivity index (χ0n) is 13.8. The number of hydrogen-bond donors (Lipinski definition) is 0. The van der Waals surface area contributed by atoms with Gasteiger partial charge >= 0.3 is 6.11 Å². The summed E-state index contributed by atoms with van der Waals surface area (Å²) < 4.78 is 34.3. The first-order valence-electron chi connectivity index (χ1n) is 8.35. The van der Waals surface area contributed by atoms with Crippen LogP contribution in [0.15, 0.2) is 0 Å². The molecular formula is C17H32F2O. The monoisotopic (exact) mass is 290 g/mol. The first kappa shape index (κ1) is 17.9. The van der Waals surface area contributed by atoms with Crippen LogP contribution in [0.3, 0.4) is 0 Å². The van der Waals surface area contributed by atoms with E-state index in [1.165, 1.54) is 0 Å². The molecule has 1 aliphatic rings. The second-order valence-corrected chi connectivity index (χ2v) is 6.92. The summed E-state index contributed by atoms with van der Waals surface area (Å²) in [5, 5.41) is 0. The molecule has 1 aliphatic carbocycles. The van der Waals surface area contributed by atoms with Gasteiger partial charge < -0.3 is 4.74 Å². The minimum absolute atomic E-state index is 0.0291. The van der Waals surface area contributed by atoms with Crippen molar-refractivity contribution in [2.24, 2.45) is 23.7 Å². The summed E-state index contributed by atoms with van der Waals surface area (Å²) in [6, 6.07) is 0. The molecule has 1 fully saturated rings. The molecule has 0 aromatic heterocycles. The van der Waals surface area contributed by atoms with Crippen molar-refractivity contribution in [3.8, 4) is 0 Å². The van der Waals surface area contributed by atoms with Crippen LogP contribution in [0.25, 0.3) is 0 Å². The molecule has 1 nitrogen and oxygen atoms in total. The highest BCUT2D eigenvalue weighted by molar-refractivity contribution is 4.80. The summed E-state index contributed by atoms with van der Waals surface area (Å²) in [6.45, 7) is 10.1. The third-order valence-corrected chi connectivity index (χ3v) is 5.26. The number of ether oxygens (including phenoxy) is 1. The standard InChI is InChI=1S/C17H32F2O/c1-6-16(14(5)13(4)12(2)3)17(18,19)20-15-10-8-7-9-11-15/h12-16H,6-11H2,1-5H3. The first-order chi connectivity index (χ1) is 9.29. The van der Waals surface area contributed by atoms with E-state index in [-0.39, 0.29) is 17.9 Å². The summed E-state index contributed by atoms with van der Waals surface area (Å²) in [7, 11) is 0. The van der Waals surface area contributed by atoms with Crippen molar-refractivity contribution in [2.45, 2.75) is 85.4 Å². The number of hydrogen-bond acceptors (Lipinski definition) is 1. The molecule has 0 aliphatic heterocycles. The molecule has 0 bridgehead atoms. The average molecular weight is 290 g/mol. The molecule has 1 rings (SSSR count). The molecule has 0 aromatic carbocycles. The predicted molar refractivity (Wildman–Crippen MR) is 79.9 cm³/mol. The molecule has 120 valence electrons. The number of rotatable bonds is 7. The Morgan fingerprint density at radius 2 is 1.55 bits per heavy atom. The van der Waals surface area contributed by atoms with Gasteiger partial charge in [-0.1, -0.05) is 53.9 Å². The Hall–Kier alpha value is -0.180. The van der Waals surface area contributed by atoms with Crippen molar-refractivity contribution in [2.75, 3.05) is 0 Å². The van der Waals surface area contributed by atoms with Gasteiger partial charge in [-0.15, -0.1) is 0 Å². The van der Waals surface area contributed by atoms with Gasteiger partial charge in [0.1, 0.15) is 0 Å². The second-order valence-electron chi connectivity index (χ2n) is 6.92. The molecule has 0 spiro atoms. The third-order valence-electron chi connectivity index (χ3n) is 5.26. The Balaban J connectivity index is 2.69. The third kappa shape index (κ3) is 4.68. The summed E-state index contributed by atoms with van der Waals surface area (Å²) in [6.07, 6.45) is 2.03. The van der Waals surface area contributed by atoms with Gasteiger partial charge in [0.25, 0.3) is 0 Å². The zero-order valence-corrected chi connectivity index (χ0v) is 13.8. The van der Waals surface area contributed by atoms with Crippen molar-refractivity contribution < 1.29 is 13.5 Å². The fourth-order valence-corrected chi connectivity index (χ4v) is 3.38. The Morgan fingerprint density at radius 1 is 1.00 bits per heavy atom. The summed E-state index contributed by atoms with van der Waals surface area (Å²) >= 11 is 0. The van der Waals surface area contributed by atoms with Crippen LogP contribution in [0.1, 0.15) is 73.1 Å². The molecule has 0 heterocycles. The number of alkyl halides is 2. The van der Waals surface area contributed by atoms with Crippen LogP contribution in [0.5, 0.6) is 0 Å². The molecule has 3 atom stereocenters. The summed E-state index contributed by atoms with van der Waals surface area (Å²) in [5.41, 5.74) is 0. The van der Waals surface area contributed by atoms with Gasteiger partial charge in [-0.2, -0.15) is 8.78 Å². The Bertz CT molecular complexity index is 272. The van der Waals surface area contributed by atoms with Gasteiger partial charge in [0, 0.05) is 0 Å². The topological polar surface area (TPSA) is 9.23 Å². The van der Waals surface area contributed by atoms with Crippen LogP contribution in [-0.4, -0.2) is 12.2 Å². The molecule has 0 amide bonds. The molecule has 20 heavy (non-hydrogen) atoms. The Labute approximate surface area is 123 Å². The highest BCUT2D eigenvalue weighted by Gasteiger charge is 2.46. The number of halogens is 2. The maximum atomic E-state index is 14.5. The molecular weight excluding hydrogens is 258 g/mol. The van der Waals surface area contributed by atoms with Crippen molar-refractivity contribution >= 4 is 0 Å². The average Bonchev–Trinajstić information content (AvgIpc) is 2.38. The lowest BCUT2D eigenvalue weighted by molar-refractivity contribution is -0.306. The molecule has 3 heteroatoms. The van der Waals surface area contributed by atoms with Gasteiger partial charge in [-0.05, 0) is 37.0 Å². The smallest absolute Gasteiger partial charge is 0.317 e. The van der Waals surface area contributed by atoms with Crippen molar-refractivity contribution in [1.82, 2.24) is 0 Å². The maximum absolute atomic E-state index is 14.5. The van der Waals surface area contributed by atoms with Crippen LogP contribution in [-0.2, 0) is 4.74 Å². The van der Waals surface area contributed by atoms with E-state index in [2.05, 4.69) is 20.8 Å². The molecule has 0 radical (unpaired) electrons. The van der Waals surface area contributed by atoms with Crippen molar-refractivity contribution in [3.05, 3.63) is 0 Å². The van der Waals surface area contributed by atoms with Gasteiger partial charge in [-0.3, -0.25) is 0 Å². The van der Waals surface area contributed by atoms with Crippen LogP contribution in [0.2, 0.25) is 0 Å². The summed E-state index contributed by atoms with van der Waals surface area (Å²) in [4.78, 5) is 0. The van der Waals surface area contributed by atoms with Gasteiger partial charge in [0.05, 0.1) is 12.0 Å². The van der Waals surface area contributed by atoms with Crippen LogP contribution in [0.4, 0.5) is 8.78 Å². The lowest BCUT2D eigenvalue weighted by atomic mass is 9.76. The van der Waals surface area contributed by atoms with E-state index in [0.717, 1.165) is 32.1 Å². The molecule has 0 N–H and O–H groups in total. The molecule has 0 saturated heterocycles. The normalized spacial score (nSPS) is 22.8. The quantitative estimate of drug-likeness (QED) is 0.568. The van der Waals surface area contributed by atoms with E-state index in [1.54, 1.807) is 0 Å². The summed E-state index contributed by atoms with van der Waals surface area (Å²) in [5.74, 6) is -0.00858. The Morgan fingerprint density at radius 3 is 2.00 bits per heavy atom. The highest BCUT2D eigenvalue weighted by atomic mass is 19.3. The van der Waals surface area contributed by atoms with E-state index in [4.69, 9.17) is 4.74 Å². The van der Waals surface area contributed by atoms with Crippen molar-refractivity contribution in [3.63, 3.8) is 0 Å². The minimum atomic E-state index is -2.99. The zero-order chi connectivity index (χ0) is 15.3. The maximum Gasteiger partial charge on any atom is 0.359 e. The molecule has 1 saturated carbocycles. The minimum Gasteiger partial charge on any atom is -0.317 e. The van der Waals surface area contributed by atoms with Crippen LogP contribution < -0.4 is 0 Å². The second kappa shape index (κ2) is 7.72. The van der Waals surface area contributed by atoms with E-state index in [0.29, 0.717) is 12.3 Å². The fraction of sp³-hybridized carbons (Fsp3) is 1.00. The van der Waals surface area contributed by atoms with Crippen LogP contribution >= 0.6 is 0 Å². The van der Waals surface area contributed by atoms with Gasteiger partial charge in [-0.25, -0.2) is 0 Å². The van der Waals surface area contributed by atoms with E-state index >= 15 is 0 Å². The van der Waals surface area contributed by atoms with E-state index in [9.17, 15) is 8.78 Å². The SMILES string of the molecule is CCC(C(C)C(C)C(C)C)C(F)(F)OC1CCCCC1. The molecule has 0 aromatic rings. The molecule has 3 unspecified atom stereocenters. The Kier molecular flexibility index (Phi) is 6.90. The predicted octanol–water partition coefficient (Wildman–Crippen LogP) is 5.88. The highest BCUT2D eigenvalue weighted by Crippen LogP contribution is 2.41. The lowest BCUT2D eigenvalue weighted by Gasteiger charge is -2.37. The van der Waals surface area contributed by atoms with Crippen molar-refractivity contribution in [1.29, 1.82) is 0 Å². The lowest BCUT2D eigenvalue weighted by Crippen LogP contribution is -2.41. The first-order valence-corrected chi connectivity index (χ1v) is 8.35. The largest absolute Gasteiger partial charge is 0.359 e. The van der Waals surface area contributed by atoms with Gasteiger partial charge in [0.15, 0.2) is 0 Å². The fourth-order valence-electron chi connectivity index (χ4n) is 3.38. The van der Waals surface area contributed by atoms with E-state index in [1.807, 2.05) is 13.8 Å². The van der Waals surface area contributed by atoms with E-state index < -0.39 is 12.0 Å².